The summed E-state index contributed by atoms with van der Waals surface area (Å²) in [6.45, 7) is 0. The number of carbonyl (C=O) groups is 1. The zero-order chi connectivity index (χ0) is 17.1. The Morgan fingerprint density at radius 1 is 1.25 bits per heavy atom. The van der Waals surface area contributed by atoms with Gasteiger partial charge in [-0.2, -0.15) is 15.2 Å². The van der Waals surface area contributed by atoms with Crippen LogP contribution in [-0.2, 0) is 4.74 Å². The number of hydrogen-bond acceptors (Lipinski definition) is 9. The summed E-state index contributed by atoms with van der Waals surface area (Å²) < 4.78 is 20.9. The molecule has 122 valence electrons. The predicted molar refractivity (Wildman–Crippen MR) is 83.0 cm³/mol. The molecule has 1 aromatic heterocycles. The van der Waals surface area contributed by atoms with Crippen molar-refractivity contribution >= 4 is 17.7 Å². The van der Waals surface area contributed by atoms with Crippen LogP contribution in [-0.4, -0.2) is 30.2 Å². The Kier molecular flexibility index (Phi) is 4.39. The van der Waals surface area contributed by atoms with Gasteiger partial charge in [-0.1, -0.05) is 12.1 Å². The highest BCUT2D eigenvalue weighted by Gasteiger charge is 2.35. The van der Waals surface area contributed by atoms with Gasteiger partial charge in [-0.3, -0.25) is 0 Å². The molecule has 1 aromatic carbocycles. The summed E-state index contributed by atoms with van der Waals surface area (Å²) in [7, 11) is 2.90. The number of nitrogens with zero attached hydrogens (tertiary/aromatic N) is 3. The Morgan fingerprint density at radius 2 is 1.96 bits per heavy atom. The van der Waals surface area contributed by atoms with Gasteiger partial charge in [0.15, 0.2) is 5.44 Å². The number of esters is 1. The molecule has 2 heterocycles. The van der Waals surface area contributed by atoms with Gasteiger partial charge in [0.2, 0.25) is 11.8 Å². The number of benzene rings is 1. The standard InChI is InChI=1S/C15H11N3O5S/c1-20-10-6-11(21-2)18-15(17-10)22-9-5-3-4-8-12(9)13(19)23-14(8)24-7-16/h3-6,14H,1-2H3. The Hall–Kier alpha value is -2.99. The Labute approximate surface area is 141 Å². The van der Waals surface area contributed by atoms with Crippen molar-refractivity contribution in [2.24, 2.45) is 0 Å². The molecule has 1 atom stereocenters. The first-order chi connectivity index (χ1) is 11.7. The van der Waals surface area contributed by atoms with Gasteiger partial charge in [0.05, 0.1) is 20.3 Å². The lowest BCUT2D eigenvalue weighted by molar-refractivity contribution is 0.0521. The van der Waals surface area contributed by atoms with Gasteiger partial charge in [-0.15, -0.1) is 0 Å². The highest BCUT2D eigenvalue weighted by molar-refractivity contribution is 8.03. The topological polar surface area (TPSA) is 104 Å². The molecule has 2 aromatic rings. The van der Waals surface area contributed by atoms with Crippen LogP contribution in [0.2, 0.25) is 0 Å². The van der Waals surface area contributed by atoms with Gasteiger partial charge in [0, 0.05) is 17.3 Å². The van der Waals surface area contributed by atoms with E-state index in [1.807, 2.05) is 5.40 Å². The van der Waals surface area contributed by atoms with E-state index in [2.05, 4.69) is 9.97 Å². The van der Waals surface area contributed by atoms with Gasteiger partial charge >= 0.3 is 12.0 Å². The second kappa shape index (κ2) is 6.64. The fourth-order valence-corrected chi connectivity index (χ4v) is 2.69. The molecule has 0 N–H and O–H groups in total. The Balaban J connectivity index is 1.98. The molecular weight excluding hydrogens is 334 g/mol. The average Bonchev–Trinajstić information content (AvgIpc) is 2.92. The fourth-order valence-electron chi connectivity index (χ4n) is 2.14. The van der Waals surface area contributed by atoms with Crippen LogP contribution < -0.4 is 14.2 Å². The van der Waals surface area contributed by atoms with E-state index in [9.17, 15) is 4.79 Å². The van der Waals surface area contributed by atoms with Crippen molar-refractivity contribution in [3.8, 4) is 28.9 Å². The zero-order valence-corrected chi connectivity index (χ0v) is 13.5. The van der Waals surface area contributed by atoms with Crippen LogP contribution in [0.1, 0.15) is 21.4 Å². The first-order valence-corrected chi connectivity index (χ1v) is 7.57. The lowest BCUT2D eigenvalue weighted by Crippen LogP contribution is -2.01. The summed E-state index contributed by atoms with van der Waals surface area (Å²) in [4.78, 5) is 20.2. The summed E-state index contributed by atoms with van der Waals surface area (Å²) in [5.74, 6) is 0.173. The summed E-state index contributed by atoms with van der Waals surface area (Å²) in [6.07, 6.45) is 0. The number of thioether (sulfide) groups is 1. The molecule has 0 fully saturated rings. The van der Waals surface area contributed by atoms with Crippen molar-refractivity contribution in [2.75, 3.05) is 14.2 Å². The maximum Gasteiger partial charge on any atom is 0.343 e. The van der Waals surface area contributed by atoms with E-state index in [1.165, 1.54) is 20.3 Å². The van der Waals surface area contributed by atoms with E-state index in [0.29, 0.717) is 5.56 Å². The van der Waals surface area contributed by atoms with Crippen molar-refractivity contribution in [3.63, 3.8) is 0 Å². The van der Waals surface area contributed by atoms with Crippen molar-refractivity contribution < 1.29 is 23.7 Å². The van der Waals surface area contributed by atoms with Crippen molar-refractivity contribution in [2.45, 2.75) is 5.44 Å². The molecule has 0 bridgehead atoms. The second-order valence-corrected chi connectivity index (χ2v) is 5.35. The molecule has 1 aliphatic heterocycles. The maximum absolute atomic E-state index is 12.1. The predicted octanol–water partition coefficient (Wildman–Crippen LogP) is 2.67. The summed E-state index contributed by atoms with van der Waals surface area (Å²) in [5, 5.41) is 10.7. The molecule has 0 amide bonds. The molecular formula is C15H11N3O5S. The number of cyclic esters (lactones) is 1. The van der Waals surface area contributed by atoms with E-state index in [-0.39, 0.29) is 29.1 Å². The molecule has 0 aliphatic carbocycles. The Bertz CT molecular complexity index is 814. The minimum atomic E-state index is -0.679. The molecule has 24 heavy (non-hydrogen) atoms. The number of hydrogen-bond donors (Lipinski definition) is 0. The van der Waals surface area contributed by atoms with E-state index in [0.717, 1.165) is 11.8 Å². The number of ether oxygens (including phenoxy) is 4. The molecule has 0 radical (unpaired) electrons. The number of aromatic nitrogens is 2. The van der Waals surface area contributed by atoms with E-state index in [4.69, 9.17) is 24.2 Å². The monoisotopic (exact) mass is 345 g/mol. The molecule has 1 unspecified atom stereocenters. The fraction of sp³-hybridized carbons (Fsp3) is 0.200. The summed E-state index contributed by atoms with van der Waals surface area (Å²) >= 11 is 0.848. The van der Waals surface area contributed by atoms with Crippen LogP contribution in [0.5, 0.6) is 23.5 Å². The normalized spacial score (nSPS) is 15.2. The van der Waals surface area contributed by atoms with Crippen LogP contribution in [0.4, 0.5) is 0 Å². The second-order valence-electron chi connectivity index (χ2n) is 4.50. The third-order valence-corrected chi connectivity index (χ3v) is 3.84. The van der Waals surface area contributed by atoms with Crippen LogP contribution in [0.15, 0.2) is 24.3 Å². The zero-order valence-electron chi connectivity index (χ0n) is 12.7. The number of methoxy groups -OCH3 is 2. The first-order valence-electron chi connectivity index (χ1n) is 6.69. The van der Waals surface area contributed by atoms with E-state index < -0.39 is 11.4 Å². The third kappa shape index (κ3) is 2.91. The van der Waals surface area contributed by atoms with Crippen LogP contribution in [0.25, 0.3) is 0 Å². The smallest absolute Gasteiger partial charge is 0.343 e. The van der Waals surface area contributed by atoms with Gasteiger partial charge in [0.25, 0.3) is 0 Å². The molecule has 0 spiro atoms. The molecule has 3 rings (SSSR count). The quantitative estimate of drug-likeness (QED) is 0.597. The molecule has 8 nitrogen and oxygen atoms in total. The minimum Gasteiger partial charge on any atom is -0.481 e. The third-order valence-electron chi connectivity index (χ3n) is 3.17. The van der Waals surface area contributed by atoms with Gasteiger partial charge in [-0.05, 0) is 6.07 Å². The Morgan fingerprint density at radius 3 is 2.58 bits per heavy atom. The van der Waals surface area contributed by atoms with Crippen molar-refractivity contribution in [3.05, 3.63) is 35.4 Å². The average molecular weight is 345 g/mol. The molecule has 0 saturated heterocycles. The number of rotatable bonds is 5. The molecule has 1 aliphatic rings. The van der Waals surface area contributed by atoms with Crippen LogP contribution in [0, 0.1) is 10.7 Å². The highest BCUT2D eigenvalue weighted by Crippen LogP contribution is 2.42. The molecule has 9 heteroatoms. The SMILES string of the molecule is COc1cc(OC)nc(Oc2cccc3c2C(=O)OC3SC#N)n1. The number of carbonyl (C=O) groups excluding carboxylic acids is 1. The lowest BCUT2D eigenvalue weighted by atomic mass is 10.1. The van der Waals surface area contributed by atoms with Gasteiger partial charge in [-0.25, -0.2) is 4.79 Å². The van der Waals surface area contributed by atoms with Gasteiger partial charge < -0.3 is 18.9 Å². The molecule has 0 saturated carbocycles. The summed E-state index contributed by atoms with van der Waals surface area (Å²) in [5.41, 5.74) is 0.136. The highest BCUT2D eigenvalue weighted by atomic mass is 32.2. The number of nitriles is 1. The maximum atomic E-state index is 12.1. The van der Waals surface area contributed by atoms with Gasteiger partial charge in [0.1, 0.15) is 16.7 Å². The van der Waals surface area contributed by atoms with Crippen molar-refractivity contribution in [1.29, 1.82) is 5.26 Å². The van der Waals surface area contributed by atoms with Crippen molar-refractivity contribution in [1.82, 2.24) is 9.97 Å². The van der Waals surface area contributed by atoms with E-state index in [1.54, 1.807) is 18.2 Å². The lowest BCUT2D eigenvalue weighted by Gasteiger charge is -2.09. The van der Waals surface area contributed by atoms with Crippen LogP contribution in [0.3, 0.4) is 0 Å². The first kappa shape index (κ1) is 15.9. The van der Waals surface area contributed by atoms with Crippen LogP contribution >= 0.6 is 11.8 Å². The largest absolute Gasteiger partial charge is 0.481 e. The summed E-state index contributed by atoms with van der Waals surface area (Å²) in [6, 6.07) is 6.45. The minimum absolute atomic E-state index is 0.0382. The number of thiocyanates is 1. The van der Waals surface area contributed by atoms with E-state index >= 15 is 0 Å². The number of fused-ring (bicyclic) bond motifs is 1.